The molecular weight excluding hydrogens is 108 g/mol. The lowest BCUT2D eigenvalue weighted by atomic mass is 10.4. The highest BCUT2D eigenvalue weighted by Crippen LogP contribution is 2.14. The zero-order chi connectivity index (χ0) is 5.54. The quantitative estimate of drug-likeness (QED) is 0.517. The Balaban J connectivity index is 0.000000162. The maximum Gasteiger partial charge on any atom is 0.0319 e. The summed E-state index contributed by atoms with van der Waals surface area (Å²) in [5.41, 5.74) is 0. The molecule has 1 aliphatic heterocycles. The summed E-state index contributed by atoms with van der Waals surface area (Å²) in [4.78, 5) is 0. The lowest BCUT2D eigenvalue weighted by Crippen LogP contribution is -1.58. The van der Waals surface area contributed by atoms with E-state index in [1.807, 2.05) is 0 Å². The van der Waals surface area contributed by atoms with Crippen LogP contribution in [0, 0.1) is 0 Å². The van der Waals surface area contributed by atoms with Gasteiger partial charge in [0.05, 0.1) is 0 Å². The summed E-state index contributed by atoms with van der Waals surface area (Å²) in [6, 6.07) is 0. The molecule has 1 rings (SSSR count). The number of aliphatic hydroxyl groups excluding tert-OH is 1. The largest absolute Gasteiger partial charge is 0.400 e. The molecule has 0 aliphatic carbocycles. The van der Waals surface area contributed by atoms with Crippen LogP contribution in [-0.2, 0) is 0 Å². The van der Waals surface area contributed by atoms with Gasteiger partial charge in [-0.3, -0.25) is 0 Å². The number of aliphatic hydroxyl groups is 1. The Labute approximate surface area is 49.1 Å². The third kappa shape index (κ3) is 4.16. The highest BCUT2D eigenvalue weighted by atomic mass is 32.2. The number of rotatable bonds is 0. The lowest BCUT2D eigenvalue weighted by molar-refractivity contribution is 0.399. The molecule has 1 saturated heterocycles. The van der Waals surface area contributed by atoms with Crippen molar-refractivity contribution in [2.24, 2.45) is 0 Å². The van der Waals surface area contributed by atoms with Crippen molar-refractivity contribution in [3.63, 3.8) is 0 Å². The van der Waals surface area contributed by atoms with Crippen LogP contribution in [0.3, 0.4) is 0 Å². The molecule has 0 aromatic heterocycles. The molecule has 1 N–H and O–H groups in total. The van der Waals surface area contributed by atoms with Crippen molar-refractivity contribution >= 4 is 11.8 Å². The standard InChI is InChI=1S/C4H8S.CH4O/c1-2-4-5-3-1;1-2/h1-4H2;2H,1H3. The van der Waals surface area contributed by atoms with E-state index in [4.69, 9.17) is 5.11 Å². The molecule has 0 aromatic carbocycles. The average molecular weight is 120 g/mol. The summed E-state index contributed by atoms with van der Waals surface area (Å²) >= 11 is 2.07. The summed E-state index contributed by atoms with van der Waals surface area (Å²) in [5.74, 6) is 2.83. The Kier molecular flexibility index (Phi) is 6.59. The second-order valence-corrected chi connectivity index (χ2v) is 2.54. The first-order valence-electron chi connectivity index (χ1n) is 2.52. The minimum absolute atomic E-state index is 1.00. The monoisotopic (exact) mass is 120 g/mol. The topological polar surface area (TPSA) is 20.2 Å². The SMILES string of the molecule is C1CCSC1.CO. The summed E-state index contributed by atoms with van der Waals surface area (Å²) in [6.45, 7) is 0. The van der Waals surface area contributed by atoms with Gasteiger partial charge in [0.25, 0.3) is 0 Å². The van der Waals surface area contributed by atoms with E-state index in [0.29, 0.717) is 0 Å². The van der Waals surface area contributed by atoms with Crippen molar-refractivity contribution in [1.82, 2.24) is 0 Å². The predicted octanol–water partition coefficient (Wildman–Crippen LogP) is 1.12. The molecule has 1 nitrogen and oxygen atoms in total. The number of thioether (sulfide) groups is 1. The van der Waals surface area contributed by atoms with Crippen LogP contribution in [0.5, 0.6) is 0 Å². The maximum atomic E-state index is 7.00. The molecule has 1 aliphatic rings. The first-order chi connectivity index (χ1) is 3.50. The van der Waals surface area contributed by atoms with Gasteiger partial charge >= 0.3 is 0 Å². The molecule has 0 atom stereocenters. The van der Waals surface area contributed by atoms with Crippen LogP contribution >= 0.6 is 11.8 Å². The van der Waals surface area contributed by atoms with Crippen molar-refractivity contribution in [3.05, 3.63) is 0 Å². The van der Waals surface area contributed by atoms with E-state index in [-0.39, 0.29) is 0 Å². The Hall–Kier alpha value is 0.310. The Morgan fingerprint density at radius 2 is 1.57 bits per heavy atom. The molecule has 0 radical (unpaired) electrons. The molecule has 0 amide bonds. The van der Waals surface area contributed by atoms with E-state index in [1.54, 1.807) is 0 Å². The molecular formula is C5H12OS. The first-order valence-corrected chi connectivity index (χ1v) is 3.68. The highest BCUT2D eigenvalue weighted by Gasteiger charge is 1.95. The van der Waals surface area contributed by atoms with Crippen LogP contribution < -0.4 is 0 Å². The van der Waals surface area contributed by atoms with E-state index in [0.717, 1.165) is 7.11 Å². The molecule has 0 bridgehead atoms. The first kappa shape index (κ1) is 7.31. The Morgan fingerprint density at radius 3 is 1.71 bits per heavy atom. The number of hydrogen-bond donors (Lipinski definition) is 1. The zero-order valence-corrected chi connectivity index (χ0v) is 5.50. The molecule has 0 unspecified atom stereocenters. The Morgan fingerprint density at radius 1 is 1.14 bits per heavy atom. The smallest absolute Gasteiger partial charge is 0.0319 e. The Bertz CT molecular complexity index is 19.7. The van der Waals surface area contributed by atoms with Crippen LogP contribution in [0.4, 0.5) is 0 Å². The molecule has 7 heavy (non-hydrogen) atoms. The van der Waals surface area contributed by atoms with Gasteiger partial charge in [0, 0.05) is 7.11 Å². The molecule has 44 valence electrons. The van der Waals surface area contributed by atoms with Crippen molar-refractivity contribution in [2.45, 2.75) is 12.8 Å². The fourth-order valence-corrected chi connectivity index (χ4v) is 1.53. The molecule has 0 spiro atoms. The second kappa shape index (κ2) is 6.31. The van der Waals surface area contributed by atoms with Gasteiger partial charge in [0.1, 0.15) is 0 Å². The fourth-order valence-electron chi connectivity index (χ4n) is 0.510. The predicted molar refractivity (Wildman–Crippen MR) is 34.7 cm³/mol. The van der Waals surface area contributed by atoms with Crippen LogP contribution in [0.25, 0.3) is 0 Å². The summed E-state index contributed by atoms with van der Waals surface area (Å²) in [7, 11) is 1.00. The second-order valence-electron chi connectivity index (χ2n) is 1.32. The average Bonchev–Trinajstić information content (AvgIpc) is 2.23. The molecule has 1 heterocycles. The molecule has 2 heteroatoms. The van der Waals surface area contributed by atoms with Gasteiger partial charge in [-0.1, -0.05) is 0 Å². The van der Waals surface area contributed by atoms with Gasteiger partial charge in [-0.25, -0.2) is 0 Å². The molecule has 0 saturated carbocycles. The normalized spacial score (nSPS) is 18.0. The minimum Gasteiger partial charge on any atom is -0.400 e. The number of hydrogen-bond acceptors (Lipinski definition) is 2. The highest BCUT2D eigenvalue weighted by molar-refractivity contribution is 7.99. The maximum absolute atomic E-state index is 7.00. The van der Waals surface area contributed by atoms with E-state index < -0.39 is 0 Å². The zero-order valence-electron chi connectivity index (χ0n) is 4.68. The lowest BCUT2D eigenvalue weighted by Gasteiger charge is -1.69. The third-order valence-electron chi connectivity index (χ3n) is 0.827. The summed E-state index contributed by atoms with van der Waals surface area (Å²) in [6.07, 6.45) is 2.93. The van der Waals surface area contributed by atoms with Gasteiger partial charge in [-0.05, 0) is 24.3 Å². The van der Waals surface area contributed by atoms with E-state index >= 15 is 0 Å². The van der Waals surface area contributed by atoms with E-state index in [9.17, 15) is 0 Å². The minimum atomic E-state index is 1.00. The summed E-state index contributed by atoms with van der Waals surface area (Å²) < 4.78 is 0. The van der Waals surface area contributed by atoms with Gasteiger partial charge in [-0.2, -0.15) is 11.8 Å². The van der Waals surface area contributed by atoms with Crippen LogP contribution in [0.15, 0.2) is 0 Å². The van der Waals surface area contributed by atoms with E-state index in [1.165, 1.54) is 24.3 Å². The van der Waals surface area contributed by atoms with Gasteiger partial charge in [0.15, 0.2) is 0 Å². The van der Waals surface area contributed by atoms with Gasteiger partial charge in [0.2, 0.25) is 0 Å². The van der Waals surface area contributed by atoms with Crippen molar-refractivity contribution < 1.29 is 5.11 Å². The van der Waals surface area contributed by atoms with Crippen molar-refractivity contribution in [1.29, 1.82) is 0 Å². The van der Waals surface area contributed by atoms with Crippen LogP contribution in [-0.4, -0.2) is 23.7 Å². The van der Waals surface area contributed by atoms with Crippen molar-refractivity contribution in [3.8, 4) is 0 Å². The van der Waals surface area contributed by atoms with Gasteiger partial charge in [-0.15, -0.1) is 0 Å². The molecule has 1 fully saturated rings. The third-order valence-corrected chi connectivity index (χ3v) is 1.98. The summed E-state index contributed by atoms with van der Waals surface area (Å²) in [5, 5.41) is 7.00. The van der Waals surface area contributed by atoms with Crippen LogP contribution in [0.2, 0.25) is 0 Å². The molecule has 0 aromatic rings. The van der Waals surface area contributed by atoms with Gasteiger partial charge < -0.3 is 5.11 Å². The van der Waals surface area contributed by atoms with Crippen molar-refractivity contribution in [2.75, 3.05) is 18.6 Å². The van der Waals surface area contributed by atoms with Crippen LogP contribution in [0.1, 0.15) is 12.8 Å². The fraction of sp³-hybridized carbons (Fsp3) is 1.00. The van der Waals surface area contributed by atoms with E-state index in [2.05, 4.69) is 11.8 Å².